The maximum atomic E-state index is 14.5. The molecule has 0 aliphatic rings. The van der Waals surface area contributed by atoms with Crippen LogP contribution >= 0.6 is 0 Å². The standard InChI is InChI=1S/C22H20F2N4O3.C2HF3O2/c1-2-16-18(9-10-26-21(16)25)31-19-8-7-15(12-17(19)24)27-22(30)28-20(29)11-13-3-5-14(23)6-4-13;3-2(4,5)1(6)7/h3-10,12H,2,11H2,1H3,(H2,25,26)(H2,27,28,29,30);(H,6,7). The van der Waals surface area contributed by atoms with Crippen LogP contribution in [0.3, 0.4) is 0 Å². The van der Waals surface area contributed by atoms with Crippen LogP contribution in [0.4, 0.5) is 38.3 Å². The number of ether oxygens (including phenoxy) is 1. The number of nitrogens with one attached hydrogen (secondary N) is 2. The Balaban J connectivity index is 0.000000638. The van der Waals surface area contributed by atoms with Crippen LogP contribution in [0.1, 0.15) is 18.1 Å². The minimum atomic E-state index is -5.08. The second-order valence-electron chi connectivity index (χ2n) is 7.38. The average Bonchev–Trinajstić information content (AvgIpc) is 2.82. The van der Waals surface area contributed by atoms with Crippen LogP contribution in [0, 0.1) is 11.6 Å². The van der Waals surface area contributed by atoms with E-state index in [1.165, 1.54) is 42.6 Å². The molecule has 0 aliphatic heterocycles. The number of amides is 3. The number of nitrogen functional groups attached to an aromatic ring is 1. The van der Waals surface area contributed by atoms with Crippen molar-refractivity contribution in [1.29, 1.82) is 0 Å². The van der Waals surface area contributed by atoms with Gasteiger partial charge in [-0.15, -0.1) is 0 Å². The summed E-state index contributed by atoms with van der Waals surface area (Å²) in [6.07, 6.45) is -3.17. The van der Waals surface area contributed by atoms with Gasteiger partial charge in [-0.25, -0.2) is 23.4 Å². The number of benzene rings is 2. The summed E-state index contributed by atoms with van der Waals surface area (Å²) in [4.78, 5) is 36.8. The third kappa shape index (κ3) is 9.04. The van der Waals surface area contributed by atoms with Crippen molar-refractivity contribution >= 4 is 29.4 Å². The summed E-state index contributed by atoms with van der Waals surface area (Å²) in [5.41, 5.74) is 7.14. The van der Waals surface area contributed by atoms with Crippen LogP contribution in [0.2, 0.25) is 0 Å². The van der Waals surface area contributed by atoms with Crippen molar-refractivity contribution in [2.75, 3.05) is 11.1 Å². The molecule has 5 N–H and O–H groups in total. The van der Waals surface area contributed by atoms with E-state index in [1.54, 1.807) is 6.07 Å². The lowest BCUT2D eigenvalue weighted by Crippen LogP contribution is -2.35. The number of pyridine rings is 1. The van der Waals surface area contributed by atoms with Gasteiger partial charge in [-0.1, -0.05) is 19.1 Å². The normalized spacial score (nSPS) is 10.6. The first kappa shape index (κ1) is 29.5. The highest BCUT2D eigenvalue weighted by molar-refractivity contribution is 6.01. The summed E-state index contributed by atoms with van der Waals surface area (Å²) in [6.45, 7) is 1.87. The van der Waals surface area contributed by atoms with E-state index in [0.29, 0.717) is 29.1 Å². The van der Waals surface area contributed by atoms with Gasteiger partial charge < -0.3 is 20.9 Å². The Bertz CT molecular complexity index is 1300. The Hall–Kier alpha value is -4.75. The molecule has 3 rings (SSSR count). The van der Waals surface area contributed by atoms with Gasteiger partial charge in [0.05, 0.1) is 6.42 Å². The molecule has 0 radical (unpaired) electrons. The molecule has 0 atom stereocenters. The average molecular weight is 540 g/mol. The summed E-state index contributed by atoms with van der Waals surface area (Å²) in [5, 5.41) is 11.6. The van der Waals surface area contributed by atoms with E-state index in [9.17, 15) is 31.5 Å². The van der Waals surface area contributed by atoms with E-state index >= 15 is 0 Å². The van der Waals surface area contributed by atoms with E-state index in [1.807, 2.05) is 6.92 Å². The number of carboxylic acid groups (broad SMARTS) is 1. The molecule has 0 fully saturated rings. The molecule has 2 aromatic carbocycles. The zero-order chi connectivity index (χ0) is 28.5. The number of carbonyl (C=O) groups excluding carboxylic acids is 2. The van der Waals surface area contributed by atoms with E-state index in [2.05, 4.69) is 15.6 Å². The third-order valence-corrected chi connectivity index (χ3v) is 4.58. The number of nitrogens with zero attached hydrogens (tertiary/aromatic N) is 1. The molecule has 9 nitrogen and oxygen atoms in total. The first-order valence-electron chi connectivity index (χ1n) is 10.7. The lowest BCUT2D eigenvalue weighted by molar-refractivity contribution is -0.192. The molecular weight excluding hydrogens is 519 g/mol. The van der Waals surface area contributed by atoms with E-state index < -0.39 is 35.7 Å². The van der Waals surface area contributed by atoms with Crippen molar-refractivity contribution in [1.82, 2.24) is 10.3 Å². The van der Waals surface area contributed by atoms with Crippen LogP contribution in [-0.4, -0.2) is 34.2 Å². The van der Waals surface area contributed by atoms with Crippen LogP contribution in [-0.2, 0) is 22.4 Å². The second kappa shape index (κ2) is 13.0. The predicted molar refractivity (Wildman–Crippen MR) is 125 cm³/mol. The Labute approximate surface area is 212 Å². The van der Waals surface area contributed by atoms with Gasteiger partial charge in [-0.3, -0.25) is 10.1 Å². The zero-order valence-electron chi connectivity index (χ0n) is 19.6. The molecule has 3 amide bonds. The number of aliphatic carboxylic acids is 1. The Kier molecular flexibility index (Phi) is 10.1. The van der Waals surface area contributed by atoms with Crippen molar-refractivity contribution in [2.24, 2.45) is 0 Å². The van der Waals surface area contributed by atoms with Crippen LogP contribution < -0.4 is 21.1 Å². The first-order chi connectivity index (χ1) is 17.8. The second-order valence-corrected chi connectivity index (χ2v) is 7.38. The van der Waals surface area contributed by atoms with Crippen molar-refractivity contribution in [3.8, 4) is 11.5 Å². The van der Waals surface area contributed by atoms with Gasteiger partial charge >= 0.3 is 18.2 Å². The molecule has 0 saturated carbocycles. The highest BCUT2D eigenvalue weighted by Gasteiger charge is 2.38. The molecule has 0 saturated heterocycles. The third-order valence-electron chi connectivity index (χ3n) is 4.58. The van der Waals surface area contributed by atoms with Gasteiger partial charge in [0.15, 0.2) is 11.6 Å². The fourth-order valence-corrected chi connectivity index (χ4v) is 2.84. The maximum absolute atomic E-state index is 14.5. The molecular formula is C24H21F5N4O5. The topological polar surface area (TPSA) is 144 Å². The van der Waals surface area contributed by atoms with Crippen molar-refractivity contribution in [2.45, 2.75) is 25.9 Å². The number of carbonyl (C=O) groups is 3. The van der Waals surface area contributed by atoms with Crippen LogP contribution in [0.5, 0.6) is 11.5 Å². The maximum Gasteiger partial charge on any atom is 0.490 e. The summed E-state index contributed by atoms with van der Waals surface area (Å²) in [7, 11) is 0. The predicted octanol–water partition coefficient (Wildman–Crippen LogP) is 4.82. The molecule has 38 heavy (non-hydrogen) atoms. The summed E-state index contributed by atoms with van der Waals surface area (Å²) in [5.74, 6) is -3.85. The van der Waals surface area contributed by atoms with E-state index in [4.69, 9.17) is 20.4 Å². The fraction of sp³-hybridized carbons (Fsp3) is 0.167. The number of alkyl halides is 3. The molecule has 0 bridgehead atoms. The number of halogens is 5. The molecule has 0 aliphatic carbocycles. The minimum Gasteiger partial charge on any atom is -0.475 e. The lowest BCUT2D eigenvalue weighted by atomic mass is 10.1. The van der Waals surface area contributed by atoms with Gasteiger partial charge in [0.1, 0.15) is 17.4 Å². The summed E-state index contributed by atoms with van der Waals surface area (Å²) in [6, 6.07) is 9.94. The van der Waals surface area contributed by atoms with Crippen molar-refractivity contribution < 1.29 is 46.2 Å². The number of aromatic nitrogens is 1. The van der Waals surface area contributed by atoms with E-state index in [-0.39, 0.29) is 17.9 Å². The quantitative estimate of drug-likeness (QED) is 0.328. The summed E-state index contributed by atoms with van der Waals surface area (Å²) < 4.78 is 64.7. The van der Waals surface area contributed by atoms with Gasteiger partial charge in [0, 0.05) is 23.5 Å². The van der Waals surface area contributed by atoms with Crippen molar-refractivity contribution in [3.63, 3.8) is 0 Å². The minimum absolute atomic E-state index is 0.0568. The first-order valence-corrected chi connectivity index (χ1v) is 10.7. The Morgan fingerprint density at radius 1 is 1.03 bits per heavy atom. The van der Waals surface area contributed by atoms with Gasteiger partial charge in [-0.2, -0.15) is 13.2 Å². The fourth-order valence-electron chi connectivity index (χ4n) is 2.84. The molecule has 0 spiro atoms. The van der Waals surface area contributed by atoms with Crippen molar-refractivity contribution in [3.05, 3.63) is 77.5 Å². The lowest BCUT2D eigenvalue weighted by Gasteiger charge is -2.13. The number of rotatable bonds is 6. The highest BCUT2D eigenvalue weighted by atomic mass is 19.4. The molecule has 1 aromatic heterocycles. The van der Waals surface area contributed by atoms with Gasteiger partial charge in [0.2, 0.25) is 5.91 Å². The number of anilines is 2. The van der Waals surface area contributed by atoms with Crippen LogP contribution in [0.15, 0.2) is 54.7 Å². The smallest absolute Gasteiger partial charge is 0.475 e. The monoisotopic (exact) mass is 540 g/mol. The number of imide groups is 1. The molecule has 0 unspecified atom stereocenters. The molecule has 1 heterocycles. The van der Waals surface area contributed by atoms with Gasteiger partial charge in [-0.05, 0) is 42.3 Å². The number of nitrogens with two attached hydrogens (primary N) is 1. The largest absolute Gasteiger partial charge is 0.490 e. The number of hydrogen-bond acceptors (Lipinski definition) is 6. The molecule has 14 heteroatoms. The molecule has 3 aromatic rings. The molecule has 202 valence electrons. The Morgan fingerprint density at radius 3 is 2.21 bits per heavy atom. The Morgan fingerprint density at radius 2 is 1.66 bits per heavy atom. The number of carboxylic acids is 1. The number of urea groups is 1. The highest BCUT2D eigenvalue weighted by Crippen LogP contribution is 2.31. The van der Waals surface area contributed by atoms with Gasteiger partial charge in [0.25, 0.3) is 0 Å². The zero-order valence-corrected chi connectivity index (χ0v) is 19.6. The van der Waals surface area contributed by atoms with E-state index in [0.717, 1.165) is 6.07 Å². The SMILES string of the molecule is CCc1c(Oc2ccc(NC(=O)NC(=O)Cc3ccc(F)cc3)cc2F)ccnc1N.O=C(O)C(F)(F)F. The summed E-state index contributed by atoms with van der Waals surface area (Å²) >= 11 is 0. The number of hydrogen-bond donors (Lipinski definition) is 4. The van der Waals surface area contributed by atoms with Crippen LogP contribution in [0.25, 0.3) is 0 Å².